The Hall–Kier alpha value is -1.29. The summed E-state index contributed by atoms with van der Waals surface area (Å²) in [7, 11) is 2.13. The van der Waals surface area contributed by atoms with Crippen molar-refractivity contribution in [1.82, 2.24) is 4.90 Å². The summed E-state index contributed by atoms with van der Waals surface area (Å²) in [5.41, 5.74) is 0. The van der Waals surface area contributed by atoms with Crippen molar-refractivity contribution in [3.63, 3.8) is 0 Å². The van der Waals surface area contributed by atoms with E-state index in [9.17, 15) is 4.79 Å². The van der Waals surface area contributed by atoms with Gasteiger partial charge in [0.25, 0.3) is 0 Å². The zero-order valence-corrected chi connectivity index (χ0v) is 26.3. The number of ether oxygens (including phenoxy) is 2. The van der Waals surface area contributed by atoms with Crippen LogP contribution in [0.3, 0.4) is 0 Å². The van der Waals surface area contributed by atoms with E-state index in [4.69, 9.17) is 9.47 Å². The average Bonchev–Trinajstić information content (AvgIpc) is 3.35. The van der Waals surface area contributed by atoms with Crippen molar-refractivity contribution in [2.24, 2.45) is 5.92 Å². The van der Waals surface area contributed by atoms with E-state index >= 15 is 0 Å². The SMILES string of the molecule is CCCCC/C=C\C/C=C\CCCCCCCC(CCCCCCCCCC)OC(=O)OCC1CCN(C)C1. The Morgan fingerprint density at radius 1 is 0.744 bits per heavy atom. The summed E-state index contributed by atoms with van der Waals surface area (Å²) in [6.07, 6.45) is 36.1. The number of nitrogens with zero attached hydrogens (tertiary/aromatic N) is 1. The first-order valence-corrected chi connectivity index (χ1v) is 17.0. The van der Waals surface area contributed by atoms with Crippen molar-refractivity contribution in [2.75, 3.05) is 26.7 Å². The minimum absolute atomic E-state index is 0.0156. The lowest BCUT2D eigenvalue weighted by atomic mass is 10.0. The summed E-state index contributed by atoms with van der Waals surface area (Å²) in [4.78, 5) is 14.7. The molecular weight excluding hydrogens is 482 g/mol. The highest BCUT2D eigenvalue weighted by molar-refractivity contribution is 5.60. The molecule has 1 aliphatic heterocycles. The van der Waals surface area contributed by atoms with Crippen LogP contribution in [0.25, 0.3) is 0 Å². The van der Waals surface area contributed by atoms with E-state index in [-0.39, 0.29) is 6.10 Å². The van der Waals surface area contributed by atoms with E-state index in [1.165, 1.54) is 103 Å². The van der Waals surface area contributed by atoms with Gasteiger partial charge < -0.3 is 14.4 Å². The maximum absolute atomic E-state index is 12.4. The molecule has 0 N–H and O–H groups in total. The van der Waals surface area contributed by atoms with Crippen LogP contribution in [-0.4, -0.2) is 43.9 Å². The summed E-state index contributed by atoms with van der Waals surface area (Å²) < 4.78 is 11.3. The molecule has 39 heavy (non-hydrogen) atoms. The van der Waals surface area contributed by atoms with Gasteiger partial charge in [0.05, 0.1) is 6.61 Å². The van der Waals surface area contributed by atoms with Crippen LogP contribution in [0.15, 0.2) is 24.3 Å². The molecule has 1 fully saturated rings. The molecule has 4 heteroatoms. The fourth-order valence-corrected chi connectivity index (χ4v) is 5.47. The molecule has 0 aromatic carbocycles. The molecule has 0 aromatic heterocycles. The first-order valence-electron chi connectivity index (χ1n) is 17.0. The van der Waals surface area contributed by atoms with Crippen LogP contribution in [0.2, 0.25) is 0 Å². The molecule has 2 atom stereocenters. The first kappa shape index (κ1) is 35.7. The van der Waals surface area contributed by atoms with Gasteiger partial charge in [-0.3, -0.25) is 0 Å². The van der Waals surface area contributed by atoms with E-state index in [1.807, 2.05) is 0 Å². The van der Waals surface area contributed by atoms with Crippen molar-refractivity contribution < 1.29 is 14.3 Å². The molecule has 0 radical (unpaired) electrons. The average molecular weight is 548 g/mol. The number of likely N-dealkylation sites (tertiary alicyclic amines) is 1. The highest BCUT2D eigenvalue weighted by Crippen LogP contribution is 2.19. The summed E-state index contributed by atoms with van der Waals surface area (Å²) >= 11 is 0. The largest absolute Gasteiger partial charge is 0.508 e. The predicted molar refractivity (Wildman–Crippen MR) is 168 cm³/mol. The van der Waals surface area contributed by atoms with Gasteiger partial charge in [0.15, 0.2) is 0 Å². The van der Waals surface area contributed by atoms with Gasteiger partial charge in [-0.05, 0) is 77.8 Å². The van der Waals surface area contributed by atoms with Crippen LogP contribution in [0.4, 0.5) is 4.79 Å². The standard InChI is InChI=1S/C35H65NO3/c1-4-6-8-10-12-14-15-16-17-18-19-20-22-24-26-28-34(27-25-23-21-13-11-9-7-5-2)39-35(37)38-32-33-29-30-36(3)31-33/h12,14,16-17,33-34H,4-11,13,15,18-32H2,1-3H3/b14-12-,17-16-. The maximum atomic E-state index is 12.4. The number of carbonyl (C=O) groups is 1. The zero-order chi connectivity index (χ0) is 28.2. The summed E-state index contributed by atoms with van der Waals surface area (Å²) in [6.45, 7) is 7.13. The fourth-order valence-electron chi connectivity index (χ4n) is 5.47. The lowest BCUT2D eigenvalue weighted by Gasteiger charge is -2.19. The van der Waals surface area contributed by atoms with Gasteiger partial charge in [-0.1, -0.05) is 115 Å². The van der Waals surface area contributed by atoms with Crippen molar-refractivity contribution >= 4 is 6.16 Å². The molecule has 0 amide bonds. The monoisotopic (exact) mass is 547 g/mol. The Kier molecular flexibility index (Phi) is 24.7. The molecule has 0 aromatic rings. The molecule has 0 saturated carbocycles. The maximum Gasteiger partial charge on any atom is 0.508 e. The Morgan fingerprint density at radius 2 is 1.26 bits per heavy atom. The molecule has 228 valence electrons. The lowest BCUT2D eigenvalue weighted by molar-refractivity contribution is 0.00947. The van der Waals surface area contributed by atoms with Gasteiger partial charge >= 0.3 is 6.16 Å². The second-order valence-corrected chi connectivity index (χ2v) is 12.0. The van der Waals surface area contributed by atoms with E-state index < -0.39 is 6.16 Å². The number of hydrogen-bond donors (Lipinski definition) is 0. The predicted octanol–water partition coefficient (Wildman–Crippen LogP) is 10.8. The van der Waals surface area contributed by atoms with Crippen LogP contribution in [-0.2, 0) is 9.47 Å². The number of allylic oxidation sites excluding steroid dienone is 4. The molecule has 0 aliphatic carbocycles. The molecule has 4 nitrogen and oxygen atoms in total. The smallest absolute Gasteiger partial charge is 0.434 e. The van der Waals surface area contributed by atoms with Crippen LogP contribution in [0.5, 0.6) is 0 Å². The third kappa shape index (κ3) is 23.1. The number of carbonyl (C=O) groups excluding carboxylic acids is 1. The first-order chi connectivity index (χ1) is 19.2. The molecule has 2 unspecified atom stereocenters. The van der Waals surface area contributed by atoms with E-state index in [1.54, 1.807) is 0 Å². The quantitative estimate of drug-likeness (QED) is 0.0613. The van der Waals surface area contributed by atoms with E-state index in [0.717, 1.165) is 51.6 Å². The third-order valence-corrected chi connectivity index (χ3v) is 8.05. The Labute approximate surface area is 243 Å². The molecule has 1 aliphatic rings. The minimum Gasteiger partial charge on any atom is -0.434 e. The van der Waals surface area contributed by atoms with Crippen LogP contribution >= 0.6 is 0 Å². The molecule has 0 spiro atoms. The van der Waals surface area contributed by atoms with Gasteiger partial charge in [-0.25, -0.2) is 4.79 Å². The summed E-state index contributed by atoms with van der Waals surface area (Å²) in [6, 6.07) is 0. The van der Waals surface area contributed by atoms with Crippen molar-refractivity contribution in [3.8, 4) is 0 Å². The topological polar surface area (TPSA) is 38.8 Å². The second kappa shape index (κ2) is 26.9. The van der Waals surface area contributed by atoms with Gasteiger partial charge in [0.1, 0.15) is 6.10 Å². The van der Waals surface area contributed by atoms with Crippen LogP contribution in [0, 0.1) is 5.92 Å². The number of unbranched alkanes of at least 4 members (excludes halogenated alkanes) is 15. The lowest BCUT2D eigenvalue weighted by Crippen LogP contribution is -2.23. The molecule has 1 heterocycles. The third-order valence-electron chi connectivity index (χ3n) is 8.05. The highest BCUT2D eigenvalue weighted by Gasteiger charge is 2.22. The highest BCUT2D eigenvalue weighted by atomic mass is 16.7. The Balaban J connectivity index is 2.17. The van der Waals surface area contributed by atoms with Gasteiger partial charge in [-0.15, -0.1) is 0 Å². The number of rotatable bonds is 26. The van der Waals surface area contributed by atoms with E-state index in [2.05, 4.69) is 50.1 Å². The van der Waals surface area contributed by atoms with E-state index in [0.29, 0.717) is 12.5 Å². The molecule has 0 bridgehead atoms. The summed E-state index contributed by atoms with van der Waals surface area (Å²) in [5, 5.41) is 0. The van der Waals surface area contributed by atoms with Crippen molar-refractivity contribution in [3.05, 3.63) is 24.3 Å². The Morgan fingerprint density at radius 3 is 1.82 bits per heavy atom. The number of hydrogen-bond acceptors (Lipinski definition) is 4. The molecule has 1 rings (SSSR count). The van der Waals surface area contributed by atoms with Crippen molar-refractivity contribution in [1.29, 1.82) is 0 Å². The van der Waals surface area contributed by atoms with Crippen LogP contribution in [0.1, 0.15) is 155 Å². The van der Waals surface area contributed by atoms with Crippen molar-refractivity contribution in [2.45, 2.75) is 161 Å². The van der Waals surface area contributed by atoms with Gasteiger partial charge in [-0.2, -0.15) is 0 Å². The second-order valence-electron chi connectivity index (χ2n) is 12.0. The minimum atomic E-state index is -0.447. The molecule has 1 saturated heterocycles. The summed E-state index contributed by atoms with van der Waals surface area (Å²) in [5.74, 6) is 0.454. The van der Waals surface area contributed by atoms with Gasteiger partial charge in [0.2, 0.25) is 0 Å². The zero-order valence-electron chi connectivity index (χ0n) is 26.3. The normalized spacial score (nSPS) is 16.9. The molecular formula is C35H65NO3. The fraction of sp³-hybridized carbons (Fsp3) is 0.857. The Bertz CT molecular complexity index is 603. The van der Waals surface area contributed by atoms with Crippen LogP contribution < -0.4 is 0 Å². The van der Waals surface area contributed by atoms with Gasteiger partial charge in [0, 0.05) is 12.5 Å².